The number of nitrogens with zero attached hydrogens (tertiary/aromatic N) is 1. The molecule has 0 spiro atoms. The van der Waals surface area contributed by atoms with Gasteiger partial charge in [0.1, 0.15) is 35.9 Å². The van der Waals surface area contributed by atoms with E-state index in [0.29, 0.717) is 6.08 Å². The summed E-state index contributed by atoms with van der Waals surface area (Å²) >= 11 is 4.51. The van der Waals surface area contributed by atoms with Crippen LogP contribution in [0.4, 0.5) is 0 Å². The van der Waals surface area contributed by atoms with Gasteiger partial charge in [-0.1, -0.05) is 6.08 Å². The number of aliphatic hydroxyl groups is 1. The van der Waals surface area contributed by atoms with Crippen molar-refractivity contribution in [3.8, 4) is 0 Å². The molecule has 0 aromatic heterocycles. The number of isothiocyanates is 1. The van der Waals surface area contributed by atoms with E-state index in [9.17, 15) is 39.0 Å². The Morgan fingerprint density at radius 2 is 1.68 bits per heavy atom. The predicted octanol–water partition coefficient (Wildman–Crippen LogP) is 0.524. The van der Waals surface area contributed by atoms with Crippen molar-refractivity contribution >= 4 is 58.7 Å². The molecule has 0 aromatic rings. The van der Waals surface area contributed by atoms with E-state index >= 15 is 0 Å². The average Bonchev–Trinajstić information content (AvgIpc) is 2.85. The molecule has 3 N–H and O–H groups in total. The summed E-state index contributed by atoms with van der Waals surface area (Å²) in [4.78, 5) is 76.3. The fourth-order valence-electron chi connectivity index (χ4n) is 3.84. The minimum atomic E-state index is -1.82. The Hall–Kier alpha value is -4.53. The maximum absolute atomic E-state index is 12.8. The van der Waals surface area contributed by atoms with E-state index in [2.05, 4.69) is 17.2 Å². The number of carboxylic acids is 1. The van der Waals surface area contributed by atoms with Gasteiger partial charge in [0.25, 0.3) is 0 Å². The van der Waals surface area contributed by atoms with Gasteiger partial charge in [-0.2, -0.15) is 4.99 Å². The van der Waals surface area contributed by atoms with Gasteiger partial charge in [0.05, 0.1) is 5.16 Å². The molecule has 214 valence electrons. The van der Waals surface area contributed by atoms with Crippen LogP contribution in [0.3, 0.4) is 0 Å². The number of aliphatic carboxylic acids is 1. The van der Waals surface area contributed by atoms with Crippen molar-refractivity contribution in [2.75, 3.05) is 6.61 Å². The number of rotatable bonds is 9. The van der Waals surface area contributed by atoms with Crippen LogP contribution < -0.4 is 0 Å². The fourth-order valence-corrected chi connectivity index (χ4v) is 3.94. The van der Waals surface area contributed by atoms with Crippen LogP contribution in [0.5, 0.6) is 0 Å². The predicted molar refractivity (Wildman–Crippen MR) is 133 cm³/mol. The molecule has 1 fully saturated rings. The number of ketones is 1. The summed E-state index contributed by atoms with van der Waals surface area (Å²) in [5.74, 6) is -7.88. The van der Waals surface area contributed by atoms with Crippen LogP contribution in [0.2, 0.25) is 0 Å². The van der Waals surface area contributed by atoms with Crippen LogP contribution in [-0.2, 0) is 52.5 Å². The highest BCUT2D eigenvalue weighted by Crippen LogP contribution is 2.36. The maximum atomic E-state index is 12.8. The summed E-state index contributed by atoms with van der Waals surface area (Å²) < 4.78 is 27.0. The van der Waals surface area contributed by atoms with Crippen molar-refractivity contribution < 1.29 is 62.7 Å². The number of carbonyl (C=O) groups excluding carboxylic acids is 5. The number of carboxylic acid groups (broad SMARTS) is 1. The van der Waals surface area contributed by atoms with E-state index in [0.717, 1.165) is 20.8 Å². The molecular weight excluding hydrogens is 556 g/mol. The lowest BCUT2D eigenvalue weighted by atomic mass is 9.84. The van der Waals surface area contributed by atoms with Gasteiger partial charge in [-0.05, 0) is 25.2 Å². The minimum absolute atomic E-state index is 0.320. The first-order valence-corrected chi connectivity index (χ1v) is 11.7. The van der Waals surface area contributed by atoms with Crippen molar-refractivity contribution in [3.05, 3.63) is 34.8 Å². The highest BCUT2D eigenvalue weighted by Gasteiger charge is 2.54. The van der Waals surface area contributed by atoms with E-state index in [1.807, 2.05) is 5.16 Å². The smallest absolute Gasteiger partial charge is 0.357 e. The number of carbonyl (C=O) groups is 6. The first kappa shape index (κ1) is 31.7. The minimum Gasteiger partial charge on any atom is -0.507 e. The fraction of sp³-hybridized carbons (Fsp3) is 0.417. The zero-order valence-electron chi connectivity index (χ0n) is 21.5. The van der Waals surface area contributed by atoms with Crippen molar-refractivity contribution in [3.63, 3.8) is 0 Å². The van der Waals surface area contributed by atoms with Crippen LogP contribution in [0.1, 0.15) is 27.7 Å². The molecule has 1 heterocycles. The van der Waals surface area contributed by atoms with E-state index in [-0.39, 0.29) is 5.70 Å². The molecule has 0 unspecified atom stereocenters. The van der Waals surface area contributed by atoms with Gasteiger partial charge < -0.3 is 33.9 Å². The molecule has 1 saturated heterocycles. The van der Waals surface area contributed by atoms with Crippen molar-refractivity contribution in [1.82, 2.24) is 0 Å². The largest absolute Gasteiger partial charge is 0.507 e. The third-order valence-electron chi connectivity index (χ3n) is 5.39. The SMILES string of the molecule is C/C=C(\N=C=S)C(=O)O[C@H]1[C@@H](OC(C)=O)[C@@H](OC(C)=O)[C@H](C2=CC(=O)C(=N)C(C(=O)O)=C2O)O[C@@H]1COC(C)=O. The van der Waals surface area contributed by atoms with Crippen LogP contribution in [-0.4, -0.2) is 93.8 Å². The molecular formula is C24H24N2O13S. The second-order valence-electron chi connectivity index (χ2n) is 8.16. The number of aliphatic hydroxyl groups excluding tert-OH is 1. The number of ether oxygens (including phenoxy) is 5. The summed E-state index contributed by atoms with van der Waals surface area (Å²) in [6, 6.07) is 0. The molecule has 0 amide bonds. The topological polar surface area (TPSA) is 225 Å². The molecule has 40 heavy (non-hydrogen) atoms. The Morgan fingerprint density at radius 1 is 1.07 bits per heavy atom. The van der Waals surface area contributed by atoms with Gasteiger partial charge in [-0.15, -0.1) is 0 Å². The van der Waals surface area contributed by atoms with Gasteiger partial charge in [-0.3, -0.25) is 24.6 Å². The van der Waals surface area contributed by atoms with Crippen LogP contribution >= 0.6 is 12.2 Å². The standard InChI is InChI=1S/C24H24N2O13S/c1-5-13(26-8-40)24(34)39-20-15(7-35-9(2)27)38-19(21(36-10(3)28)22(20)37-11(4)29)12-6-14(30)17(25)16(18(12)31)23(32)33/h5-6,15,19-22,25,31H,7H2,1-4H3,(H,32,33)/b13-5-,25-17?/t15-,19+,20-,21+,22-/m1/s1. The van der Waals surface area contributed by atoms with Gasteiger partial charge in [0, 0.05) is 26.3 Å². The number of hydrogen-bond donors (Lipinski definition) is 3. The summed E-state index contributed by atoms with van der Waals surface area (Å²) in [7, 11) is 0. The molecule has 2 aliphatic rings. The maximum Gasteiger partial charge on any atom is 0.357 e. The van der Waals surface area contributed by atoms with E-state index in [4.69, 9.17) is 29.1 Å². The molecule has 0 bridgehead atoms. The average molecular weight is 581 g/mol. The number of nitrogens with one attached hydrogen (secondary N) is 1. The number of aliphatic imine (C=N–C) groups is 1. The summed E-state index contributed by atoms with van der Waals surface area (Å²) in [5, 5.41) is 29.9. The quantitative estimate of drug-likeness (QED) is 0.0844. The lowest BCUT2D eigenvalue weighted by Gasteiger charge is -2.45. The lowest BCUT2D eigenvalue weighted by molar-refractivity contribution is -0.245. The molecule has 5 atom stereocenters. The monoisotopic (exact) mass is 580 g/mol. The molecule has 1 aliphatic carbocycles. The second-order valence-corrected chi connectivity index (χ2v) is 8.34. The summed E-state index contributed by atoms with van der Waals surface area (Å²) in [6.07, 6.45) is -6.51. The molecule has 2 rings (SSSR count). The normalized spacial score (nSPS) is 24.8. The Labute approximate surface area is 231 Å². The van der Waals surface area contributed by atoms with Gasteiger partial charge >= 0.3 is 29.8 Å². The molecule has 0 radical (unpaired) electrons. The molecule has 1 aliphatic heterocycles. The summed E-state index contributed by atoms with van der Waals surface area (Å²) in [6.45, 7) is 3.78. The summed E-state index contributed by atoms with van der Waals surface area (Å²) in [5.41, 5.74) is -2.98. The Bertz CT molecular complexity index is 1290. The third-order valence-corrected chi connectivity index (χ3v) is 5.49. The highest BCUT2D eigenvalue weighted by atomic mass is 32.1. The van der Waals surface area contributed by atoms with Gasteiger partial charge in [0.15, 0.2) is 24.0 Å². The van der Waals surface area contributed by atoms with E-state index < -0.39 is 95.4 Å². The van der Waals surface area contributed by atoms with Crippen molar-refractivity contribution in [2.24, 2.45) is 4.99 Å². The Kier molecular flexibility index (Phi) is 10.7. The Morgan fingerprint density at radius 3 is 2.17 bits per heavy atom. The van der Waals surface area contributed by atoms with Crippen LogP contribution in [0.25, 0.3) is 0 Å². The van der Waals surface area contributed by atoms with Crippen LogP contribution in [0, 0.1) is 5.41 Å². The first-order chi connectivity index (χ1) is 18.7. The van der Waals surface area contributed by atoms with Gasteiger partial charge in [-0.25, -0.2) is 9.59 Å². The third kappa shape index (κ3) is 7.31. The number of thiocarbonyl (C=S) groups is 1. The van der Waals surface area contributed by atoms with Crippen molar-refractivity contribution in [2.45, 2.75) is 58.2 Å². The van der Waals surface area contributed by atoms with E-state index in [1.54, 1.807) is 0 Å². The zero-order valence-corrected chi connectivity index (χ0v) is 22.3. The Balaban J connectivity index is 2.76. The molecule has 0 aromatic carbocycles. The second kappa shape index (κ2) is 13.5. The zero-order chi connectivity index (χ0) is 30.3. The van der Waals surface area contributed by atoms with Gasteiger partial charge in [0.2, 0.25) is 5.78 Å². The van der Waals surface area contributed by atoms with Crippen molar-refractivity contribution in [1.29, 1.82) is 5.41 Å². The van der Waals surface area contributed by atoms with Crippen LogP contribution in [0.15, 0.2) is 39.7 Å². The number of allylic oxidation sites excluding steroid dienone is 2. The highest BCUT2D eigenvalue weighted by molar-refractivity contribution is 7.78. The van der Waals surface area contributed by atoms with E-state index in [1.165, 1.54) is 13.0 Å². The molecule has 15 nitrogen and oxygen atoms in total. The molecule has 16 heteroatoms. The molecule has 0 saturated carbocycles. The number of hydrogen-bond acceptors (Lipinski definition) is 15. The first-order valence-electron chi connectivity index (χ1n) is 11.3. The lowest BCUT2D eigenvalue weighted by Crippen LogP contribution is -2.63. The number of esters is 4.